The van der Waals surface area contributed by atoms with Crippen molar-refractivity contribution in [2.75, 3.05) is 6.61 Å². The molecule has 1 aromatic rings. The normalized spacial score (nSPS) is 13.6. The molecule has 0 radical (unpaired) electrons. The number of nitrogens with two attached hydrogens (primary N) is 1. The van der Waals surface area contributed by atoms with Crippen molar-refractivity contribution in [3.63, 3.8) is 0 Å². The molecule has 3 nitrogen and oxygen atoms in total. The summed E-state index contributed by atoms with van der Waals surface area (Å²) >= 11 is 0. The fraction of sp³-hybridized carbons (Fsp3) is 0.600. The number of nitrogens with one attached hydrogen (secondary N) is 1. The highest BCUT2D eigenvalue weighted by atomic mass is 16.5. The summed E-state index contributed by atoms with van der Waals surface area (Å²) in [5, 5.41) is 0. The van der Waals surface area contributed by atoms with Gasteiger partial charge in [0.05, 0.1) is 11.6 Å². The van der Waals surface area contributed by atoms with Crippen molar-refractivity contribution in [3.8, 4) is 0 Å². The van der Waals surface area contributed by atoms with Crippen LogP contribution in [0.4, 0.5) is 0 Å². The van der Waals surface area contributed by atoms with E-state index in [1.807, 2.05) is 6.92 Å². The van der Waals surface area contributed by atoms with E-state index < -0.39 is 0 Å². The van der Waals surface area contributed by atoms with Crippen molar-refractivity contribution < 1.29 is 4.74 Å². The van der Waals surface area contributed by atoms with Crippen molar-refractivity contribution in [1.82, 2.24) is 5.43 Å². The quantitative estimate of drug-likeness (QED) is 0.577. The van der Waals surface area contributed by atoms with Gasteiger partial charge < -0.3 is 4.74 Å². The van der Waals surface area contributed by atoms with Crippen LogP contribution in [0.15, 0.2) is 24.3 Å². The van der Waals surface area contributed by atoms with Crippen LogP contribution in [0.1, 0.15) is 50.8 Å². The molecule has 1 unspecified atom stereocenters. The van der Waals surface area contributed by atoms with Gasteiger partial charge in [-0.1, -0.05) is 43.7 Å². The van der Waals surface area contributed by atoms with Crippen LogP contribution in [0, 0.1) is 6.92 Å². The standard InChI is InChI=1S/C15H26N2O/c1-5-15(6-2,18-7-3)14(17-16)13-10-8-12(4)9-11-13/h8-11,14,17H,5-7,16H2,1-4H3. The van der Waals surface area contributed by atoms with Gasteiger partial charge in [-0.25, -0.2) is 0 Å². The van der Waals surface area contributed by atoms with Crippen LogP contribution in [0.2, 0.25) is 0 Å². The Morgan fingerprint density at radius 2 is 1.72 bits per heavy atom. The molecule has 0 aliphatic heterocycles. The number of hydrazine groups is 1. The van der Waals surface area contributed by atoms with Gasteiger partial charge >= 0.3 is 0 Å². The lowest BCUT2D eigenvalue weighted by atomic mass is 9.84. The Labute approximate surface area is 111 Å². The predicted octanol–water partition coefficient (Wildman–Crippen LogP) is 3.09. The van der Waals surface area contributed by atoms with E-state index in [0.717, 1.165) is 12.8 Å². The van der Waals surface area contributed by atoms with E-state index in [2.05, 4.69) is 50.5 Å². The van der Waals surface area contributed by atoms with Crippen LogP contribution < -0.4 is 11.3 Å². The lowest BCUT2D eigenvalue weighted by Crippen LogP contribution is -2.48. The molecule has 0 amide bonds. The molecule has 18 heavy (non-hydrogen) atoms. The molecule has 3 heteroatoms. The van der Waals surface area contributed by atoms with Crippen LogP contribution in [-0.4, -0.2) is 12.2 Å². The molecule has 0 spiro atoms. The number of benzene rings is 1. The average Bonchev–Trinajstić information content (AvgIpc) is 2.40. The van der Waals surface area contributed by atoms with Gasteiger partial charge in [-0.3, -0.25) is 11.3 Å². The molecular weight excluding hydrogens is 224 g/mol. The molecule has 102 valence electrons. The molecule has 0 aliphatic rings. The van der Waals surface area contributed by atoms with Crippen molar-refractivity contribution in [2.24, 2.45) is 5.84 Å². The smallest absolute Gasteiger partial charge is 0.0883 e. The molecule has 0 fully saturated rings. The molecule has 1 atom stereocenters. The van der Waals surface area contributed by atoms with E-state index in [-0.39, 0.29) is 11.6 Å². The molecule has 1 aromatic carbocycles. The maximum absolute atomic E-state index is 6.02. The third-order valence-corrected chi connectivity index (χ3v) is 3.73. The first-order valence-electron chi connectivity index (χ1n) is 6.80. The lowest BCUT2D eigenvalue weighted by molar-refractivity contribution is -0.0734. The minimum absolute atomic E-state index is 0.0213. The van der Waals surface area contributed by atoms with Crippen molar-refractivity contribution >= 4 is 0 Å². The maximum atomic E-state index is 6.02. The van der Waals surface area contributed by atoms with Crippen molar-refractivity contribution in [1.29, 1.82) is 0 Å². The molecule has 0 heterocycles. The Bertz CT molecular complexity index is 344. The zero-order valence-electron chi connectivity index (χ0n) is 12.0. The number of aryl methyl sites for hydroxylation is 1. The van der Waals surface area contributed by atoms with Crippen LogP contribution in [0.3, 0.4) is 0 Å². The number of ether oxygens (including phenoxy) is 1. The van der Waals surface area contributed by atoms with E-state index in [4.69, 9.17) is 10.6 Å². The maximum Gasteiger partial charge on any atom is 0.0883 e. The molecule has 0 bridgehead atoms. The zero-order chi connectivity index (χ0) is 13.6. The molecule has 3 N–H and O–H groups in total. The fourth-order valence-corrected chi connectivity index (χ4v) is 2.54. The molecule has 1 rings (SSSR count). The van der Waals surface area contributed by atoms with E-state index in [0.29, 0.717) is 6.61 Å². The van der Waals surface area contributed by atoms with Crippen LogP contribution in [0.5, 0.6) is 0 Å². The largest absolute Gasteiger partial charge is 0.373 e. The Morgan fingerprint density at radius 1 is 1.17 bits per heavy atom. The predicted molar refractivity (Wildman–Crippen MR) is 76.2 cm³/mol. The first-order chi connectivity index (χ1) is 8.63. The summed E-state index contributed by atoms with van der Waals surface area (Å²) < 4.78 is 6.02. The van der Waals surface area contributed by atoms with Gasteiger partial charge in [0.2, 0.25) is 0 Å². The Balaban J connectivity index is 3.08. The number of hydrogen-bond acceptors (Lipinski definition) is 3. The summed E-state index contributed by atoms with van der Waals surface area (Å²) in [5.41, 5.74) is 5.14. The average molecular weight is 250 g/mol. The summed E-state index contributed by atoms with van der Waals surface area (Å²) in [5.74, 6) is 5.78. The SMILES string of the molecule is CCOC(CC)(CC)C(NN)c1ccc(C)cc1. The van der Waals surface area contributed by atoms with Gasteiger partial charge in [0.25, 0.3) is 0 Å². The molecule has 0 aliphatic carbocycles. The summed E-state index contributed by atoms with van der Waals surface area (Å²) in [6.07, 6.45) is 1.86. The minimum atomic E-state index is -0.237. The third kappa shape index (κ3) is 3.10. The second-order valence-corrected chi connectivity index (χ2v) is 4.72. The summed E-state index contributed by atoms with van der Waals surface area (Å²) in [4.78, 5) is 0. The van der Waals surface area contributed by atoms with Gasteiger partial charge in [-0.05, 0) is 32.3 Å². The first-order valence-corrected chi connectivity index (χ1v) is 6.80. The third-order valence-electron chi connectivity index (χ3n) is 3.73. The Kier molecular flexibility index (Phi) is 5.79. The van der Waals surface area contributed by atoms with Gasteiger partial charge in [-0.2, -0.15) is 0 Å². The topological polar surface area (TPSA) is 47.3 Å². The monoisotopic (exact) mass is 250 g/mol. The van der Waals surface area contributed by atoms with Gasteiger partial charge in [0.15, 0.2) is 0 Å². The molecule has 0 aromatic heterocycles. The van der Waals surface area contributed by atoms with E-state index in [1.54, 1.807) is 0 Å². The minimum Gasteiger partial charge on any atom is -0.373 e. The van der Waals surface area contributed by atoms with Crippen molar-refractivity contribution in [2.45, 2.75) is 52.2 Å². The second-order valence-electron chi connectivity index (χ2n) is 4.72. The molecule has 0 saturated heterocycles. The first kappa shape index (κ1) is 15.2. The Hall–Kier alpha value is -0.900. The highest BCUT2D eigenvalue weighted by molar-refractivity contribution is 5.26. The van der Waals surface area contributed by atoms with Gasteiger partial charge in [0.1, 0.15) is 0 Å². The zero-order valence-corrected chi connectivity index (χ0v) is 12.0. The van der Waals surface area contributed by atoms with E-state index in [9.17, 15) is 0 Å². The van der Waals surface area contributed by atoms with Crippen LogP contribution in [-0.2, 0) is 4.74 Å². The van der Waals surface area contributed by atoms with E-state index >= 15 is 0 Å². The van der Waals surface area contributed by atoms with Crippen LogP contribution in [0.25, 0.3) is 0 Å². The summed E-state index contributed by atoms with van der Waals surface area (Å²) in [6, 6.07) is 8.49. The highest BCUT2D eigenvalue weighted by Gasteiger charge is 2.36. The summed E-state index contributed by atoms with van der Waals surface area (Å²) in [6.45, 7) is 9.12. The van der Waals surface area contributed by atoms with Gasteiger partial charge in [-0.15, -0.1) is 0 Å². The summed E-state index contributed by atoms with van der Waals surface area (Å²) in [7, 11) is 0. The second kappa shape index (κ2) is 6.88. The lowest BCUT2D eigenvalue weighted by Gasteiger charge is -2.39. The number of rotatable bonds is 7. The van der Waals surface area contributed by atoms with Gasteiger partial charge in [0, 0.05) is 6.61 Å². The van der Waals surface area contributed by atoms with E-state index in [1.165, 1.54) is 11.1 Å². The van der Waals surface area contributed by atoms with Crippen LogP contribution >= 0.6 is 0 Å². The molecule has 0 saturated carbocycles. The number of hydrogen-bond donors (Lipinski definition) is 2. The van der Waals surface area contributed by atoms with Crippen molar-refractivity contribution in [3.05, 3.63) is 35.4 Å². The highest BCUT2D eigenvalue weighted by Crippen LogP contribution is 2.35. The Morgan fingerprint density at radius 3 is 2.11 bits per heavy atom. The fourth-order valence-electron chi connectivity index (χ4n) is 2.54. The molecular formula is C15H26N2O.